The van der Waals surface area contributed by atoms with E-state index in [1.54, 1.807) is 13.8 Å². The molecule has 0 saturated carbocycles. The Hall–Kier alpha value is -1.98. The van der Waals surface area contributed by atoms with E-state index in [0.717, 1.165) is 0 Å². The van der Waals surface area contributed by atoms with Crippen LogP contribution in [0.1, 0.15) is 29.7 Å². The van der Waals surface area contributed by atoms with Crippen molar-refractivity contribution in [1.29, 1.82) is 0 Å². The fraction of sp³-hybridized carbons (Fsp3) is 0.455. The highest BCUT2D eigenvalue weighted by Crippen LogP contribution is 1.98. The van der Waals surface area contributed by atoms with Crippen LogP contribution in [0.3, 0.4) is 0 Å². The summed E-state index contributed by atoms with van der Waals surface area (Å²) in [6, 6.07) is 1.22. The smallest absolute Gasteiger partial charge is 0.307 e. The van der Waals surface area contributed by atoms with Crippen molar-refractivity contribution in [1.82, 2.24) is 15.3 Å². The predicted octanol–water partition coefficient (Wildman–Crippen LogP) is 0.466. The van der Waals surface area contributed by atoms with Crippen LogP contribution in [-0.2, 0) is 9.53 Å². The molecule has 1 rings (SSSR count). The molecule has 0 fully saturated rings. The highest BCUT2D eigenvalue weighted by molar-refractivity contribution is 5.92. The molecule has 1 unspecified atom stereocenters. The Kier molecular flexibility index (Phi) is 4.56. The van der Waals surface area contributed by atoms with Gasteiger partial charge in [-0.25, -0.2) is 9.97 Å². The first-order valence-corrected chi connectivity index (χ1v) is 5.20. The summed E-state index contributed by atoms with van der Waals surface area (Å²) < 4.78 is 4.51. The zero-order valence-corrected chi connectivity index (χ0v) is 10.1. The lowest BCUT2D eigenvalue weighted by atomic mass is 10.2. The summed E-state index contributed by atoms with van der Waals surface area (Å²) in [7, 11) is 1.31. The molecule has 0 aliphatic heterocycles. The van der Waals surface area contributed by atoms with Crippen molar-refractivity contribution in [2.45, 2.75) is 26.3 Å². The molecule has 0 bridgehead atoms. The normalized spacial score (nSPS) is 11.7. The van der Waals surface area contributed by atoms with Crippen molar-refractivity contribution in [2.75, 3.05) is 7.11 Å². The van der Waals surface area contributed by atoms with Crippen molar-refractivity contribution >= 4 is 11.9 Å². The molecule has 0 aliphatic rings. The van der Waals surface area contributed by atoms with Crippen LogP contribution in [0.4, 0.5) is 0 Å². The number of nitrogens with zero attached hydrogens (tertiary/aromatic N) is 2. The maximum absolute atomic E-state index is 11.7. The summed E-state index contributed by atoms with van der Waals surface area (Å²) in [5.41, 5.74) is 0.286. The molecule has 1 aromatic rings. The quantitative estimate of drug-likeness (QED) is 0.770. The summed E-state index contributed by atoms with van der Waals surface area (Å²) >= 11 is 0. The lowest BCUT2D eigenvalue weighted by Gasteiger charge is -2.12. The molecule has 1 atom stereocenters. The van der Waals surface area contributed by atoms with Crippen LogP contribution in [0.5, 0.6) is 0 Å². The van der Waals surface area contributed by atoms with Crippen molar-refractivity contribution < 1.29 is 14.3 Å². The molecule has 0 radical (unpaired) electrons. The molecule has 0 aromatic carbocycles. The van der Waals surface area contributed by atoms with E-state index in [0.29, 0.717) is 5.82 Å². The average Bonchev–Trinajstić information content (AvgIpc) is 2.28. The third-order valence-electron chi connectivity index (χ3n) is 2.09. The van der Waals surface area contributed by atoms with Gasteiger partial charge in [0.2, 0.25) is 0 Å². The number of hydrogen-bond acceptors (Lipinski definition) is 5. The number of aryl methyl sites for hydroxylation is 1. The van der Waals surface area contributed by atoms with Gasteiger partial charge in [0.25, 0.3) is 5.91 Å². The largest absolute Gasteiger partial charge is 0.469 e. The van der Waals surface area contributed by atoms with Gasteiger partial charge in [0.1, 0.15) is 11.5 Å². The molecule has 1 aromatic heterocycles. The zero-order chi connectivity index (χ0) is 12.8. The molecule has 1 heterocycles. The fourth-order valence-electron chi connectivity index (χ4n) is 1.26. The van der Waals surface area contributed by atoms with Crippen molar-refractivity contribution in [3.8, 4) is 0 Å². The molecule has 17 heavy (non-hydrogen) atoms. The van der Waals surface area contributed by atoms with E-state index in [1.165, 1.54) is 19.4 Å². The van der Waals surface area contributed by atoms with Crippen molar-refractivity contribution in [2.24, 2.45) is 0 Å². The van der Waals surface area contributed by atoms with Crippen LogP contribution >= 0.6 is 0 Å². The molecule has 0 spiro atoms. The molecule has 0 aliphatic carbocycles. The van der Waals surface area contributed by atoms with Crippen LogP contribution < -0.4 is 5.32 Å². The maximum Gasteiger partial charge on any atom is 0.307 e. The van der Waals surface area contributed by atoms with Crippen LogP contribution in [0, 0.1) is 6.92 Å². The fourth-order valence-corrected chi connectivity index (χ4v) is 1.26. The van der Waals surface area contributed by atoms with Gasteiger partial charge in [-0.15, -0.1) is 0 Å². The summed E-state index contributed by atoms with van der Waals surface area (Å²) in [5, 5.41) is 2.66. The third-order valence-corrected chi connectivity index (χ3v) is 2.09. The van der Waals surface area contributed by atoms with E-state index in [-0.39, 0.29) is 30.0 Å². The van der Waals surface area contributed by atoms with E-state index in [4.69, 9.17) is 0 Å². The van der Waals surface area contributed by atoms with Gasteiger partial charge in [0, 0.05) is 12.2 Å². The van der Waals surface area contributed by atoms with Gasteiger partial charge >= 0.3 is 5.97 Å². The number of esters is 1. The first-order valence-electron chi connectivity index (χ1n) is 5.20. The summed E-state index contributed by atoms with van der Waals surface area (Å²) in [6.07, 6.45) is 1.65. The van der Waals surface area contributed by atoms with Crippen molar-refractivity contribution in [3.05, 3.63) is 23.8 Å². The number of methoxy groups -OCH3 is 1. The van der Waals surface area contributed by atoms with Gasteiger partial charge < -0.3 is 10.1 Å². The standard InChI is InChI=1S/C11H15N3O3/c1-7(6-10(15)17-3)13-11(16)9-4-5-12-8(2)14-9/h4-5,7H,6H2,1-3H3,(H,13,16). The first kappa shape index (κ1) is 13.1. The van der Waals surface area contributed by atoms with Gasteiger partial charge in [0.05, 0.1) is 13.5 Å². The third kappa shape index (κ3) is 4.18. The summed E-state index contributed by atoms with van der Waals surface area (Å²) in [4.78, 5) is 30.6. The summed E-state index contributed by atoms with van der Waals surface area (Å²) in [5.74, 6) is -0.165. The average molecular weight is 237 g/mol. The molecular formula is C11H15N3O3. The highest BCUT2D eigenvalue weighted by atomic mass is 16.5. The maximum atomic E-state index is 11.7. The highest BCUT2D eigenvalue weighted by Gasteiger charge is 2.14. The van der Waals surface area contributed by atoms with Crippen LogP contribution in [-0.4, -0.2) is 35.0 Å². The Morgan fingerprint density at radius 1 is 1.53 bits per heavy atom. The van der Waals surface area contributed by atoms with Gasteiger partial charge in [-0.3, -0.25) is 9.59 Å². The second-order valence-electron chi connectivity index (χ2n) is 3.64. The Morgan fingerprint density at radius 3 is 2.82 bits per heavy atom. The molecule has 6 heteroatoms. The van der Waals surface area contributed by atoms with E-state index >= 15 is 0 Å². The minimum absolute atomic E-state index is 0.131. The SMILES string of the molecule is COC(=O)CC(C)NC(=O)c1ccnc(C)n1. The number of aromatic nitrogens is 2. The number of amides is 1. The van der Waals surface area contributed by atoms with Gasteiger partial charge in [0.15, 0.2) is 0 Å². The van der Waals surface area contributed by atoms with E-state index in [1.807, 2.05) is 0 Å². The summed E-state index contributed by atoms with van der Waals surface area (Å²) in [6.45, 7) is 3.43. The van der Waals surface area contributed by atoms with Gasteiger partial charge in [-0.05, 0) is 19.9 Å². The van der Waals surface area contributed by atoms with Gasteiger partial charge in [-0.2, -0.15) is 0 Å². The monoisotopic (exact) mass is 237 g/mol. The lowest BCUT2D eigenvalue weighted by molar-refractivity contribution is -0.141. The molecule has 0 saturated heterocycles. The topological polar surface area (TPSA) is 81.2 Å². The molecular weight excluding hydrogens is 222 g/mol. The van der Waals surface area contributed by atoms with Crippen LogP contribution in [0.2, 0.25) is 0 Å². The Morgan fingerprint density at radius 2 is 2.24 bits per heavy atom. The Labute approximate surface area is 99.4 Å². The number of ether oxygens (including phenoxy) is 1. The van der Waals surface area contributed by atoms with E-state index in [9.17, 15) is 9.59 Å². The number of hydrogen-bond donors (Lipinski definition) is 1. The molecule has 1 amide bonds. The van der Waals surface area contributed by atoms with E-state index in [2.05, 4.69) is 20.0 Å². The minimum atomic E-state index is -0.364. The van der Waals surface area contributed by atoms with Crippen LogP contribution in [0.15, 0.2) is 12.3 Å². The number of nitrogens with one attached hydrogen (secondary N) is 1. The van der Waals surface area contributed by atoms with E-state index < -0.39 is 0 Å². The first-order chi connectivity index (χ1) is 8.02. The minimum Gasteiger partial charge on any atom is -0.469 e. The van der Waals surface area contributed by atoms with Crippen LogP contribution in [0.25, 0.3) is 0 Å². The van der Waals surface area contributed by atoms with Crippen molar-refractivity contribution in [3.63, 3.8) is 0 Å². The number of carbonyl (C=O) groups is 2. The molecule has 92 valence electrons. The predicted molar refractivity (Wildman–Crippen MR) is 60.3 cm³/mol. The molecule has 6 nitrogen and oxygen atoms in total. The van der Waals surface area contributed by atoms with Gasteiger partial charge in [-0.1, -0.05) is 0 Å². The second-order valence-corrected chi connectivity index (χ2v) is 3.64. The Bertz CT molecular complexity index is 420. The second kappa shape index (κ2) is 5.93. The zero-order valence-electron chi connectivity index (χ0n) is 10.1. The molecule has 1 N–H and O–H groups in total. The Balaban J connectivity index is 2.57. The number of rotatable bonds is 4. The lowest BCUT2D eigenvalue weighted by Crippen LogP contribution is -2.35. The number of carbonyl (C=O) groups excluding carboxylic acids is 2.